The molecule has 0 aliphatic carbocycles. The van der Waals surface area contributed by atoms with Crippen LogP contribution in [0, 0.1) is 4.77 Å². The van der Waals surface area contributed by atoms with E-state index in [-0.39, 0.29) is 0 Å². The molecule has 0 spiro atoms. The molecule has 2 aromatic rings. The van der Waals surface area contributed by atoms with Crippen LogP contribution in [-0.4, -0.2) is 35.0 Å². The van der Waals surface area contributed by atoms with Gasteiger partial charge in [-0.15, -0.1) is 0 Å². The summed E-state index contributed by atoms with van der Waals surface area (Å²) in [6.07, 6.45) is 3.58. The lowest BCUT2D eigenvalue weighted by Gasteiger charge is -2.16. The number of nitrogens with one attached hydrogen (secondary N) is 2. The first-order valence-corrected chi connectivity index (χ1v) is 7.00. The fourth-order valence-corrected chi connectivity index (χ4v) is 2.39. The summed E-state index contributed by atoms with van der Waals surface area (Å²) in [4.78, 5) is 8.79. The summed E-state index contributed by atoms with van der Waals surface area (Å²) in [6.45, 7) is 4.49. The Balaban J connectivity index is 2.05. The zero-order valence-corrected chi connectivity index (χ0v) is 11.9. The average Bonchev–Trinajstić information content (AvgIpc) is 2.74. The highest BCUT2D eigenvalue weighted by Crippen LogP contribution is 2.16. The topological polar surface area (TPSA) is 34.8 Å². The summed E-state index contributed by atoms with van der Waals surface area (Å²) in [6, 6.07) is 6.32. The van der Waals surface area contributed by atoms with Gasteiger partial charge in [0, 0.05) is 6.54 Å². The third-order valence-electron chi connectivity index (χ3n) is 3.29. The molecule has 0 radical (unpaired) electrons. The Morgan fingerprint density at radius 2 is 2.06 bits per heavy atom. The molecule has 0 saturated heterocycles. The molecule has 4 heteroatoms. The number of aromatic amines is 2. The largest absolute Gasteiger partial charge is 0.331 e. The molecule has 2 rings (SSSR count). The van der Waals surface area contributed by atoms with E-state index in [0.717, 1.165) is 24.0 Å². The number of unbranched alkanes of at least 4 members (excludes halogenated alkanes) is 1. The molecule has 0 aliphatic rings. The lowest BCUT2D eigenvalue weighted by molar-refractivity contribution is 0.332. The van der Waals surface area contributed by atoms with Gasteiger partial charge in [0.1, 0.15) is 0 Å². The van der Waals surface area contributed by atoms with Gasteiger partial charge in [0.15, 0.2) is 4.77 Å². The molecule has 0 unspecified atom stereocenters. The van der Waals surface area contributed by atoms with E-state index in [4.69, 9.17) is 12.2 Å². The third kappa shape index (κ3) is 3.21. The number of fused-ring (bicyclic) bond motifs is 1. The summed E-state index contributed by atoms with van der Waals surface area (Å²) in [5.74, 6) is 0. The predicted octanol–water partition coefficient (Wildman–Crippen LogP) is 3.50. The molecular formula is C14H21N3S. The number of benzene rings is 1. The number of aromatic nitrogens is 2. The van der Waals surface area contributed by atoms with Crippen LogP contribution in [0.3, 0.4) is 0 Å². The van der Waals surface area contributed by atoms with Crippen molar-refractivity contribution in [2.45, 2.75) is 26.2 Å². The number of hydrogen-bond acceptors (Lipinski definition) is 2. The van der Waals surface area contributed by atoms with Crippen LogP contribution in [0.1, 0.15) is 25.3 Å². The van der Waals surface area contributed by atoms with Gasteiger partial charge in [0.25, 0.3) is 0 Å². The zero-order valence-electron chi connectivity index (χ0n) is 11.1. The highest BCUT2D eigenvalue weighted by Gasteiger charge is 2.04. The summed E-state index contributed by atoms with van der Waals surface area (Å²) >= 11 is 5.14. The highest BCUT2D eigenvalue weighted by atomic mass is 32.1. The van der Waals surface area contributed by atoms with E-state index in [1.54, 1.807) is 0 Å². The Morgan fingerprint density at radius 1 is 1.22 bits per heavy atom. The van der Waals surface area contributed by atoms with Crippen molar-refractivity contribution in [3.63, 3.8) is 0 Å². The van der Waals surface area contributed by atoms with Crippen LogP contribution in [0.5, 0.6) is 0 Å². The zero-order chi connectivity index (χ0) is 13.0. The van der Waals surface area contributed by atoms with Crippen LogP contribution in [0.2, 0.25) is 0 Å². The molecular weight excluding hydrogens is 242 g/mol. The maximum atomic E-state index is 5.14. The Morgan fingerprint density at radius 3 is 2.83 bits per heavy atom. The predicted molar refractivity (Wildman–Crippen MR) is 79.6 cm³/mol. The first-order valence-electron chi connectivity index (χ1n) is 6.59. The summed E-state index contributed by atoms with van der Waals surface area (Å²) < 4.78 is 0.705. The number of likely N-dealkylation sites (N-methyl/N-ethyl adjacent to an activating group) is 1. The molecule has 0 atom stereocenters. The van der Waals surface area contributed by atoms with Crippen molar-refractivity contribution in [1.29, 1.82) is 0 Å². The molecule has 0 bridgehead atoms. The number of hydrogen-bond donors (Lipinski definition) is 2. The van der Waals surface area contributed by atoms with Crippen molar-refractivity contribution in [2.75, 3.05) is 20.1 Å². The van der Waals surface area contributed by atoms with Crippen LogP contribution >= 0.6 is 12.2 Å². The van der Waals surface area contributed by atoms with E-state index in [9.17, 15) is 0 Å². The first-order chi connectivity index (χ1) is 8.70. The fraction of sp³-hybridized carbons (Fsp3) is 0.500. The van der Waals surface area contributed by atoms with Gasteiger partial charge >= 0.3 is 0 Å². The summed E-state index contributed by atoms with van der Waals surface area (Å²) in [5, 5.41) is 0. The van der Waals surface area contributed by atoms with Gasteiger partial charge < -0.3 is 14.9 Å². The van der Waals surface area contributed by atoms with Crippen LogP contribution < -0.4 is 0 Å². The SMILES string of the molecule is CCCCN(C)CCc1cccc2[nH]c(=S)[nH]c12. The number of nitrogens with zero attached hydrogens (tertiary/aromatic N) is 1. The van der Waals surface area contributed by atoms with Gasteiger partial charge in [-0.3, -0.25) is 0 Å². The minimum atomic E-state index is 0.705. The standard InChI is InChI=1S/C14H21N3S/c1-3-4-9-17(2)10-8-11-6-5-7-12-13(11)16-14(18)15-12/h5-7H,3-4,8-10H2,1-2H3,(H2,15,16,18). The second kappa shape index (κ2) is 6.16. The van der Waals surface area contributed by atoms with Crippen molar-refractivity contribution < 1.29 is 0 Å². The Hall–Kier alpha value is -1.13. The van der Waals surface area contributed by atoms with Crippen LogP contribution in [0.4, 0.5) is 0 Å². The molecule has 98 valence electrons. The lowest BCUT2D eigenvalue weighted by Crippen LogP contribution is -2.22. The van der Waals surface area contributed by atoms with E-state index in [1.807, 2.05) is 0 Å². The van der Waals surface area contributed by atoms with E-state index in [1.165, 1.54) is 24.9 Å². The van der Waals surface area contributed by atoms with Crippen molar-refractivity contribution in [3.05, 3.63) is 28.5 Å². The van der Waals surface area contributed by atoms with Gasteiger partial charge in [-0.05, 0) is 50.3 Å². The van der Waals surface area contributed by atoms with E-state index in [2.05, 4.69) is 47.0 Å². The van der Waals surface area contributed by atoms with Crippen molar-refractivity contribution in [3.8, 4) is 0 Å². The molecule has 3 nitrogen and oxygen atoms in total. The van der Waals surface area contributed by atoms with Crippen molar-refractivity contribution in [1.82, 2.24) is 14.9 Å². The smallest absolute Gasteiger partial charge is 0.175 e. The number of imidazole rings is 1. The van der Waals surface area contributed by atoms with E-state index < -0.39 is 0 Å². The van der Waals surface area contributed by atoms with Crippen LogP contribution in [-0.2, 0) is 6.42 Å². The van der Waals surface area contributed by atoms with Crippen LogP contribution in [0.25, 0.3) is 11.0 Å². The van der Waals surface area contributed by atoms with Gasteiger partial charge in [0.2, 0.25) is 0 Å². The molecule has 0 amide bonds. The second-order valence-electron chi connectivity index (χ2n) is 4.83. The minimum absolute atomic E-state index is 0.705. The average molecular weight is 263 g/mol. The van der Waals surface area contributed by atoms with E-state index in [0.29, 0.717) is 4.77 Å². The van der Waals surface area contributed by atoms with E-state index >= 15 is 0 Å². The second-order valence-corrected chi connectivity index (χ2v) is 5.23. The number of rotatable bonds is 6. The molecule has 2 N–H and O–H groups in total. The first kappa shape index (κ1) is 13.3. The number of para-hydroxylation sites is 1. The maximum Gasteiger partial charge on any atom is 0.175 e. The molecule has 0 saturated carbocycles. The molecule has 0 fully saturated rings. The lowest BCUT2D eigenvalue weighted by atomic mass is 10.1. The Kier molecular flexibility index (Phi) is 4.55. The van der Waals surface area contributed by atoms with Gasteiger partial charge in [0.05, 0.1) is 11.0 Å². The Bertz CT molecular complexity index is 555. The minimum Gasteiger partial charge on any atom is -0.331 e. The molecule has 1 heterocycles. The van der Waals surface area contributed by atoms with Crippen molar-refractivity contribution in [2.24, 2.45) is 0 Å². The quantitative estimate of drug-likeness (QED) is 0.782. The van der Waals surface area contributed by atoms with Gasteiger partial charge in [-0.1, -0.05) is 25.5 Å². The summed E-state index contributed by atoms with van der Waals surface area (Å²) in [7, 11) is 2.19. The molecule has 0 aliphatic heterocycles. The fourth-order valence-electron chi connectivity index (χ4n) is 2.18. The molecule has 1 aromatic heterocycles. The maximum absolute atomic E-state index is 5.14. The van der Waals surface area contributed by atoms with Crippen molar-refractivity contribution >= 4 is 23.3 Å². The monoisotopic (exact) mass is 263 g/mol. The van der Waals surface area contributed by atoms with Crippen LogP contribution in [0.15, 0.2) is 18.2 Å². The van der Waals surface area contributed by atoms with Gasteiger partial charge in [-0.25, -0.2) is 0 Å². The number of H-pyrrole nitrogens is 2. The normalized spacial score (nSPS) is 11.5. The summed E-state index contributed by atoms with van der Waals surface area (Å²) in [5.41, 5.74) is 3.60. The molecule has 1 aromatic carbocycles. The highest BCUT2D eigenvalue weighted by molar-refractivity contribution is 7.71. The third-order valence-corrected chi connectivity index (χ3v) is 3.50. The van der Waals surface area contributed by atoms with Gasteiger partial charge in [-0.2, -0.15) is 0 Å². The Labute approximate surface area is 113 Å². The molecule has 18 heavy (non-hydrogen) atoms.